The van der Waals surface area contributed by atoms with Gasteiger partial charge in [0.15, 0.2) is 5.78 Å². The molecule has 1 N–H and O–H groups in total. The van der Waals surface area contributed by atoms with E-state index in [0.717, 1.165) is 5.56 Å². The van der Waals surface area contributed by atoms with Gasteiger partial charge in [0.05, 0.1) is 0 Å². The van der Waals surface area contributed by atoms with Crippen molar-refractivity contribution in [1.29, 1.82) is 0 Å². The molecule has 23 heavy (non-hydrogen) atoms. The summed E-state index contributed by atoms with van der Waals surface area (Å²) in [6, 6.07) is 11.1. The number of nitrogens with zero attached hydrogens (tertiary/aromatic N) is 2. The lowest BCUT2D eigenvalue weighted by molar-refractivity contribution is 0.0822. The summed E-state index contributed by atoms with van der Waals surface area (Å²) in [4.78, 5) is 31.0. The molecule has 0 bridgehead atoms. The van der Waals surface area contributed by atoms with Crippen molar-refractivity contribution in [3.8, 4) is 0 Å². The normalized spacial score (nSPS) is 11.2. The lowest BCUT2D eigenvalue weighted by atomic mass is 9.99. The molecule has 2 aromatic rings. The number of carbonyl (C=O) groups excluding carboxylic acids is 2. The zero-order valence-electron chi connectivity index (χ0n) is 13.8. The lowest BCUT2D eigenvalue weighted by Gasteiger charge is -2.11. The van der Waals surface area contributed by atoms with Crippen LogP contribution in [-0.4, -0.2) is 54.7 Å². The molecule has 0 saturated carbocycles. The third-order valence-corrected chi connectivity index (χ3v) is 3.30. The summed E-state index contributed by atoms with van der Waals surface area (Å²) in [6.07, 6.45) is 3.36. The van der Waals surface area contributed by atoms with Crippen molar-refractivity contribution >= 4 is 17.3 Å². The van der Waals surface area contributed by atoms with Crippen molar-refractivity contribution in [2.45, 2.75) is 0 Å². The van der Waals surface area contributed by atoms with Crippen LogP contribution in [0.4, 0.5) is 0 Å². The Balaban J connectivity index is 2.38. The molecular weight excluding hydrogens is 290 g/mol. The molecule has 0 spiro atoms. The van der Waals surface area contributed by atoms with E-state index >= 15 is 0 Å². The second-order valence-electron chi connectivity index (χ2n) is 5.70. The van der Waals surface area contributed by atoms with Gasteiger partial charge in [0.25, 0.3) is 5.91 Å². The SMILES string of the molecule is CN(C)/C=C(/C(=O)c1c[nH]c(C(=O)N(C)C)c1)c1ccccc1. The number of nitrogens with one attached hydrogen (secondary N) is 1. The van der Waals surface area contributed by atoms with Gasteiger partial charge in [-0.1, -0.05) is 30.3 Å². The van der Waals surface area contributed by atoms with Gasteiger partial charge in [-0.25, -0.2) is 0 Å². The second kappa shape index (κ2) is 6.96. The van der Waals surface area contributed by atoms with Gasteiger partial charge in [0.1, 0.15) is 5.69 Å². The van der Waals surface area contributed by atoms with E-state index in [0.29, 0.717) is 16.8 Å². The summed E-state index contributed by atoms with van der Waals surface area (Å²) in [7, 11) is 7.08. The summed E-state index contributed by atoms with van der Waals surface area (Å²) < 4.78 is 0. The Morgan fingerprint density at radius 2 is 1.65 bits per heavy atom. The molecule has 0 aliphatic carbocycles. The number of hydrogen-bond donors (Lipinski definition) is 1. The molecular formula is C18H21N3O2. The van der Waals surface area contributed by atoms with Crippen LogP contribution < -0.4 is 0 Å². The molecule has 0 saturated heterocycles. The Kier molecular flexibility index (Phi) is 5.01. The van der Waals surface area contributed by atoms with Crippen molar-refractivity contribution in [3.63, 3.8) is 0 Å². The fraction of sp³-hybridized carbons (Fsp3) is 0.222. The maximum absolute atomic E-state index is 12.8. The van der Waals surface area contributed by atoms with E-state index in [2.05, 4.69) is 4.98 Å². The Morgan fingerprint density at radius 3 is 2.22 bits per heavy atom. The van der Waals surface area contributed by atoms with Gasteiger partial charge in [0, 0.05) is 51.7 Å². The zero-order chi connectivity index (χ0) is 17.0. The van der Waals surface area contributed by atoms with E-state index in [4.69, 9.17) is 0 Å². The summed E-state index contributed by atoms with van der Waals surface area (Å²) in [5.74, 6) is -0.291. The smallest absolute Gasteiger partial charge is 0.269 e. The summed E-state index contributed by atoms with van der Waals surface area (Å²) in [5.41, 5.74) is 2.29. The largest absolute Gasteiger partial charge is 0.383 e. The van der Waals surface area contributed by atoms with Gasteiger partial charge < -0.3 is 14.8 Å². The van der Waals surface area contributed by atoms with Crippen LogP contribution in [-0.2, 0) is 0 Å². The molecule has 2 rings (SSSR count). The molecule has 0 fully saturated rings. The molecule has 0 aliphatic rings. The third kappa shape index (κ3) is 3.88. The summed E-state index contributed by atoms with van der Waals surface area (Å²) in [6.45, 7) is 0. The van der Waals surface area contributed by atoms with E-state index in [1.807, 2.05) is 49.3 Å². The highest BCUT2D eigenvalue weighted by Gasteiger charge is 2.18. The first-order valence-corrected chi connectivity index (χ1v) is 7.28. The standard InChI is InChI=1S/C18H21N3O2/c1-20(2)12-15(13-8-6-5-7-9-13)17(22)14-10-16(19-11-14)18(23)21(3)4/h5-12,19H,1-4H3/b15-12+. The first-order chi connectivity index (χ1) is 10.9. The van der Waals surface area contributed by atoms with Crippen LogP contribution in [0, 0.1) is 0 Å². The van der Waals surface area contributed by atoms with Crippen LogP contribution in [0.15, 0.2) is 48.8 Å². The number of rotatable bonds is 5. The quantitative estimate of drug-likeness (QED) is 0.682. The summed E-state index contributed by atoms with van der Waals surface area (Å²) in [5, 5.41) is 0. The highest BCUT2D eigenvalue weighted by molar-refractivity contribution is 6.29. The van der Waals surface area contributed by atoms with Crippen LogP contribution in [0.3, 0.4) is 0 Å². The molecule has 1 aromatic carbocycles. The number of benzene rings is 1. The number of Topliss-reactive ketones (excluding diaryl/α,β-unsaturated/α-hetero) is 1. The molecule has 1 aromatic heterocycles. The van der Waals surface area contributed by atoms with E-state index < -0.39 is 0 Å². The molecule has 0 atom stereocenters. The van der Waals surface area contributed by atoms with E-state index in [9.17, 15) is 9.59 Å². The van der Waals surface area contributed by atoms with Crippen molar-refractivity contribution in [2.24, 2.45) is 0 Å². The highest BCUT2D eigenvalue weighted by Crippen LogP contribution is 2.21. The fourth-order valence-corrected chi connectivity index (χ4v) is 2.19. The van der Waals surface area contributed by atoms with Crippen molar-refractivity contribution in [3.05, 3.63) is 65.6 Å². The molecule has 1 amide bonds. The first-order valence-electron chi connectivity index (χ1n) is 7.28. The maximum Gasteiger partial charge on any atom is 0.269 e. The molecule has 0 radical (unpaired) electrons. The van der Waals surface area contributed by atoms with Crippen LogP contribution in [0.1, 0.15) is 26.4 Å². The van der Waals surface area contributed by atoms with Gasteiger partial charge >= 0.3 is 0 Å². The molecule has 5 heteroatoms. The average Bonchev–Trinajstić information content (AvgIpc) is 3.01. The second-order valence-corrected chi connectivity index (χ2v) is 5.70. The summed E-state index contributed by atoms with van der Waals surface area (Å²) >= 11 is 0. The number of aromatic nitrogens is 1. The predicted octanol–water partition coefficient (Wildman–Crippen LogP) is 2.50. The van der Waals surface area contributed by atoms with Gasteiger partial charge in [0.2, 0.25) is 0 Å². The topological polar surface area (TPSA) is 56.4 Å². The van der Waals surface area contributed by atoms with Crippen molar-refractivity contribution in [1.82, 2.24) is 14.8 Å². The number of aromatic amines is 1. The zero-order valence-corrected chi connectivity index (χ0v) is 13.8. The van der Waals surface area contributed by atoms with E-state index in [-0.39, 0.29) is 11.7 Å². The molecule has 120 valence electrons. The van der Waals surface area contributed by atoms with Crippen molar-refractivity contribution in [2.75, 3.05) is 28.2 Å². The molecule has 0 unspecified atom stereocenters. The molecule has 0 aliphatic heterocycles. The molecule has 5 nitrogen and oxygen atoms in total. The Morgan fingerprint density at radius 1 is 1.00 bits per heavy atom. The van der Waals surface area contributed by atoms with Gasteiger partial charge in [-0.05, 0) is 11.6 Å². The lowest BCUT2D eigenvalue weighted by Crippen LogP contribution is -2.21. The highest BCUT2D eigenvalue weighted by atomic mass is 16.2. The number of hydrogen-bond acceptors (Lipinski definition) is 3. The predicted molar refractivity (Wildman–Crippen MR) is 91.2 cm³/mol. The van der Waals surface area contributed by atoms with Gasteiger partial charge in [-0.3, -0.25) is 9.59 Å². The average molecular weight is 311 g/mol. The van der Waals surface area contributed by atoms with E-state index in [1.54, 1.807) is 32.6 Å². The minimum Gasteiger partial charge on any atom is -0.383 e. The number of carbonyl (C=O) groups is 2. The molecule has 1 heterocycles. The van der Waals surface area contributed by atoms with E-state index in [1.165, 1.54) is 4.90 Å². The monoisotopic (exact) mass is 311 g/mol. The van der Waals surface area contributed by atoms with Gasteiger partial charge in [-0.15, -0.1) is 0 Å². The van der Waals surface area contributed by atoms with Crippen LogP contribution in [0.2, 0.25) is 0 Å². The maximum atomic E-state index is 12.8. The van der Waals surface area contributed by atoms with Gasteiger partial charge in [-0.2, -0.15) is 0 Å². The Hall–Kier alpha value is -2.82. The third-order valence-electron chi connectivity index (χ3n) is 3.30. The fourth-order valence-electron chi connectivity index (χ4n) is 2.19. The number of H-pyrrole nitrogens is 1. The van der Waals surface area contributed by atoms with Crippen LogP contribution in [0.5, 0.6) is 0 Å². The number of allylic oxidation sites excluding steroid dienone is 1. The minimum atomic E-state index is -0.165. The van der Waals surface area contributed by atoms with Crippen LogP contribution in [0.25, 0.3) is 5.57 Å². The Bertz CT molecular complexity index is 728. The Labute approximate surface area is 136 Å². The minimum absolute atomic E-state index is 0.126. The first kappa shape index (κ1) is 16.5. The number of ketones is 1. The number of amides is 1. The van der Waals surface area contributed by atoms with Crippen LogP contribution >= 0.6 is 0 Å². The van der Waals surface area contributed by atoms with Crippen molar-refractivity contribution < 1.29 is 9.59 Å².